The summed E-state index contributed by atoms with van der Waals surface area (Å²) in [6, 6.07) is 10.6. The summed E-state index contributed by atoms with van der Waals surface area (Å²) in [6.45, 7) is 0.217. The summed E-state index contributed by atoms with van der Waals surface area (Å²) in [5, 5.41) is 5.31. The molecule has 0 heterocycles. The Kier molecular flexibility index (Phi) is 6.47. The Balaban J connectivity index is 2.01. The highest BCUT2D eigenvalue weighted by Crippen LogP contribution is 2.32. The average molecular weight is 389 g/mol. The van der Waals surface area contributed by atoms with Crippen molar-refractivity contribution >= 4 is 58.3 Å². The molecule has 0 radical (unpaired) electrons. The van der Waals surface area contributed by atoms with Gasteiger partial charge in [0.2, 0.25) is 0 Å². The fraction of sp³-hybridized carbons (Fsp3) is 0.0667. The van der Waals surface area contributed by atoms with Crippen molar-refractivity contribution in [1.29, 1.82) is 0 Å². The van der Waals surface area contributed by atoms with Crippen molar-refractivity contribution < 1.29 is 4.74 Å². The van der Waals surface area contributed by atoms with E-state index in [1.54, 1.807) is 30.5 Å². The molecular weight excluding hydrogens is 377 g/mol. The summed E-state index contributed by atoms with van der Waals surface area (Å²) in [5.74, 6) is 0.663. The molecule has 0 spiro atoms. The van der Waals surface area contributed by atoms with Crippen LogP contribution in [-0.4, -0.2) is 11.3 Å². The SMILES string of the molecule is NC(=S)N/N=C/c1ccc(OCc2c(Cl)ccc(Cl)c2Cl)cc1. The summed E-state index contributed by atoms with van der Waals surface area (Å²) < 4.78 is 5.68. The molecule has 0 fully saturated rings. The molecule has 0 aliphatic rings. The van der Waals surface area contributed by atoms with Crippen LogP contribution in [0.5, 0.6) is 5.75 Å². The molecule has 23 heavy (non-hydrogen) atoms. The van der Waals surface area contributed by atoms with Gasteiger partial charge in [-0.25, -0.2) is 0 Å². The second kappa shape index (κ2) is 8.36. The van der Waals surface area contributed by atoms with Gasteiger partial charge >= 0.3 is 0 Å². The lowest BCUT2D eigenvalue weighted by Gasteiger charge is -2.10. The Morgan fingerprint density at radius 3 is 2.43 bits per heavy atom. The Bertz CT molecular complexity index is 735. The van der Waals surface area contributed by atoms with Crippen LogP contribution in [0.4, 0.5) is 0 Å². The van der Waals surface area contributed by atoms with Crippen LogP contribution in [0.25, 0.3) is 0 Å². The van der Waals surface area contributed by atoms with Crippen LogP contribution < -0.4 is 15.9 Å². The highest BCUT2D eigenvalue weighted by Gasteiger charge is 2.10. The first-order chi connectivity index (χ1) is 11.0. The zero-order chi connectivity index (χ0) is 16.8. The van der Waals surface area contributed by atoms with Gasteiger partial charge in [0.1, 0.15) is 12.4 Å². The largest absolute Gasteiger partial charge is 0.489 e. The molecule has 0 unspecified atom stereocenters. The maximum Gasteiger partial charge on any atom is 0.184 e. The number of nitrogens with two attached hydrogens (primary N) is 1. The van der Waals surface area contributed by atoms with Crippen LogP contribution in [0.3, 0.4) is 0 Å². The smallest absolute Gasteiger partial charge is 0.184 e. The Morgan fingerprint density at radius 1 is 1.13 bits per heavy atom. The molecule has 0 atom stereocenters. The van der Waals surface area contributed by atoms with Crippen LogP contribution in [0.1, 0.15) is 11.1 Å². The zero-order valence-electron chi connectivity index (χ0n) is 11.7. The van der Waals surface area contributed by atoms with Gasteiger partial charge in [0.05, 0.1) is 16.3 Å². The molecule has 4 nitrogen and oxygen atoms in total. The quantitative estimate of drug-likeness (QED) is 0.345. The molecular formula is C15H12Cl3N3OS. The third kappa shape index (κ3) is 5.25. The monoisotopic (exact) mass is 387 g/mol. The minimum absolute atomic E-state index is 0.108. The molecule has 0 bridgehead atoms. The lowest BCUT2D eigenvalue weighted by Crippen LogP contribution is -2.23. The van der Waals surface area contributed by atoms with Crippen molar-refractivity contribution in [3.8, 4) is 5.75 Å². The summed E-state index contributed by atoms with van der Waals surface area (Å²) in [5.41, 5.74) is 9.25. The number of nitrogens with zero attached hydrogens (tertiary/aromatic N) is 1. The fourth-order valence-electron chi connectivity index (χ4n) is 1.68. The number of thiocarbonyl (C=S) groups is 1. The van der Waals surface area contributed by atoms with Gasteiger partial charge in [-0.3, -0.25) is 5.43 Å². The van der Waals surface area contributed by atoms with Gasteiger partial charge in [0.25, 0.3) is 0 Å². The van der Waals surface area contributed by atoms with Crippen LogP contribution in [0.15, 0.2) is 41.5 Å². The molecule has 0 aliphatic carbocycles. The molecule has 0 amide bonds. The van der Waals surface area contributed by atoms with E-state index in [1.165, 1.54) is 0 Å². The maximum absolute atomic E-state index is 6.13. The summed E-state index contributed by atoms with van der Waals surface area (Å²) in [6.07, 6.45) is 1.59. The predicted molar refractivity (Wildman–Crippen MR) is 99.8 cm³/mol. The fourth-order valence-corrected chi connectivity index (χ4v) is 2.39. The number of benzene rings is 2. The first-order valence-corrected chi connectivity index (χ1v) is 7.95. The molecule has 2 aromatic rings. The highest BCUT2D eigenvalue weighted by molar-refractivity contribution is 7.80. The second-order valence-electron chi connectivity index (χ2n) is 4.41. The van der Waals surface area contributed by atoms with E-state index in [0.717, 1.165) is 5.56 Å². The standard InChI is InChI=1S/C15H12Cl3N3OS/c16-12-5-6-13(17)14(18)11(12)8-22-10-3-1-9(2-4-10)7-20-21-15(19)23/h1-7H,8H2,(H3,19,21,23)/b20-7+. The minimum atomic E-state index is 0.108. The molecule has 2 aromatic carbocycles. The number of hydrogen-bond acceptors (Lipinski definition) is 3. The summed E-state index contributed by atoms with van der Waals surface area (Å²) >= 11 is 22.9. The van der Waals surface area contributed by atoms with Crippen molar-refractivity contribution in [2.75, 3.05) is 0 Å². The van der Waals surface area contributed by atoms with Crippen LogP contribution in [0, 0.1) is 0 Å². The van der Waals surface area contributed by atoms with E-state index in [2.05, 4.69) is 22.7 Å². The molecule has 0 saturated carbocycles. The van der Waals surface area contributed by atoms with Gasteiger partial charge in [0.15, 0.2) is 5.11 Å². The van der Waals surface area contributed by atoms with Crippen LogP contribution in [0.2, 0.25) is 15.1 Å². The van der Waals surface area contributed by atoms with E-state index in [9.17, 15) is 0 Å². The van der Waals surface area contributed by atoms with Crippen molar-refractivity contribution in [3.63, 3.8) is 0 Å². The highest BCUT2D eigenvalue weighted by atomic mass is 35.5. The summed E-state index contributed by atoms with van der Waals surface area (Å²) in [4.78, 5) is 0. The van der Waals surface area contributed by atoms with Crippen LogP contribution >= 0.6 is 47.0 Å². The third-order valence-corrected chi connectivity index (χ3v) is 4.08. The first kappa shape index (κ1) is 17.8. The van der Waals surface area contributed by atoms with Gasteiger partial charge in [-0.05, 0) is 54.2 Å². The molecule has 120 valence electrons. The van der Waals surface area contributed by atoms with Gasteiger partial charge in [-0.1, -0.05) is 34.8 Å². The molecule has 0 saturated heterocycles. The molecule has 3 N–H and O–H groups in total. The Labute approximate surface area is 154 Å². The first-order valence-electron chi connectivity index (χ1n) is 6.41. The molecule has 2 rings (SSSR count). The van der Waals surface area contributed by atoms with E-state index in [1.807, 2.05) is 12.1 Å². The van der Waals surface area contributed by atoms with Crippen molar-refractivity contribution in [3.05, 3.63) is 62.6 Å². The van der Waals surface area contributed by atoms with Gasteiger partial charge in [0, 0.05) is 10.6 Å². The van der Waals surface area contributed by atoms with Crippen molar-refractivity contribution in [2.24, 2.45) is 10.8 Å². The Hall–Kier alpha value is -1.53. The van der Waals surface area contributed by atoms with Crippen molar-refractivity contribution in [2.45, 2.75) is 6.61 Å². The normalized spacial score (nSPS) is 10.7. The minimum Gasteiger partial charge on any atom is -0.489 e. The van der Waals surface area contributed by atoms with Gasteiger partial charge in [-0.15, -0.1) is 0 Å². The van der Waals surface area contributed by atoms with E-state index in [0.29, 0.717) is 26.4 Å². The number of halogens is 3. The number of ether oxygens (including phenoxy) is 1. The maximum atomic E-state index is 6.13. The lowest BCUT2D eigenvalue weighted by molar-refractivity contribution is 0.306. The van der Waals surface area contributed by atoms with E-state index in [-0.39, 0.29) is 11.7 Å². The molecule has 0 aliphatic heterocycles. The topological polar surface area (TPSA) is 59.6 Å². The second-order valence-corrected chi connectivity index (χ2v) is 6.05. The average Bonchev–Trinajstić information content (AvgIpc) is 2.52. The number of nitrogens with one attached hydrogen (secondary N) is 1. The third-order valence-electron chi connectivity index (χ3n) is 2.79. The van der Waals surface area contributed by atoms with E-state index >= 15 is 0 Å². The molecule has 8 heteroatoms. The van der Waals surface area contributed by atoms with Crippen molar-refractivity contribution in [1.82, 2.24) is 5.43 Å². The molecule has 0 aromatic heterocycles. The zero-order valence-corrected chi connectivity index (χ0v) is 14.8. The van der Waals surface area contributed by atoms with E-state index in [4.69, 9.17) is 45.3 Å². The number of hydrazone groups is 1. The number of rotatable bonds is 5. The lowest BCUT2D eigenvalue weighted by atomic mass is 10.2. The van der Waals surface area contributed by atoms with Crippen LogP contribution in [-0.2, 0) is 6.61 Å². The number of hydrogen-bond donors (Lipinski definition) is 2. The van der Waals surface area contributed by atoms with Gasteiger partial charge < -0.3 is 10.5 Å². The van der Waals surface area contributed by atoms with E-state index < -0.39 is 0 Å². The van der Waals surface area contributed by atoms with Gasteiger partial charge in [-0.2, -0.15) is 5.10 Å². The summed E-state index contributed by atoms with van der Waals surface area (Å²) in [7, 11) is 0. The Morgan fingerprint density at radius 2 is 1.78 bits per heavy atom. The predicted octanol–water partition coefficient (Wildman–Crippen LogP) is 4.39.